The van der Waals surface area contributed by atoms with E-state index in [2.05, 4.69) is 10.6 Å². The Labute approximate surface area is 139 Å². The lowest BCUT2D eigenvalue weighted by Crippen LogP contribution is -2.58. The predicted octanol–water partition coefficient (Wildman–Crippen LogP) is -2.33. The second kappa shape index (κ2) is 9.83. The van der Waals surface area contributed by atoms with E-state index in [1.807, 2.05) is 6.92 Å². The maximum atomic E-state index is 12.1. The number of rotatable bonds is 10. The number of aliphatic carboxylic acids is 1. The second-order valence-corrected chi connectivity index (χ2v) is 5.71. The molecular formula is C14H26N4O6. The average molecular weight is 346 g/mol. The summed E-state index contributed by atoms with van der Waals surface area (Å²) in [7, 11) is 0. The highest BCUT2D eigenvalue weighted by atomic mass is 16.4. The molecular weight excluding hydrogens is 320 g/mol. The number of aliphatic hydroxyl groups is 1. The lowest BCUT2D eigenvalue weighted by Gasteiger charge is -2.24. The van der Waals surface area contributed by atoms with Gasteiger partial charge in [0.15, 0.2) is 6.04 Å². The van der Waals surface area contributed by atoms with E-state index in [4.69, 9.17) is 16.6 Å². The fraction of sp³-hybridized carbons (Fsp3) is 0.714. The van der Waals surface area contributed by atoms with Crippen LogP contribution in [0, 0.1) is 5.92 Å². The summed E-state index contributed by atoms with van der Waals surface area (Å²) in [5, 5.41) is 22.7. The monoisotopic (exact) mass is 346 g/mol. The summed E-state index contributed by atoms with van der Waals surface area (Å²) in [6, 6.07) is -3.87. The Morgan fingerprint density at radius 2 is 1.62 bits per heavy atom. The summed E-state index contributed by atoms with van der Waals surface area (Å²) in [5.41, 5.74) is 10.8. The maximum Gasteiger partial charge on any atom is 0.328 e. The quantitative estimate of drug-likeness (QED) is 0.256. The molecule has 0 aliphatic rings. The zero-order valence-corrected chi connectivity index (χ0v) is 14.0. The van der Waals surface area contributed by atoms with Crippen LogP contribution in [0.2, 0.25) is 0 Å². The van der Waals surface area contributed by atoms with Crippen LogP contribution in [0.1, 0.15) is 33.6 Å². The standard InChI is InChI=1S/C14H26N4O6/c1-4-6(2)10(16)13(22)17-8(5-9(15)20)12(21)18-11(7(3)19)14(23)24/h6-8,10-11,19H,4-5,16H2,1-3H3,(H2,15,20)(H,17,22)(H,18,21)(H,23,24)/t6-,7+,8-,10-,11-/m0/s1. The number of amides is 3. The molecule has 0 rings (SSSR count). The number of hydrogen-bond donors (Lipinski definition) is 6. The first kappa shape index (κ1) is 21.8. The second-order valence-electron chi connectivity index (χ2n) is 5.71. The molecule has 0 aromatic heterocycles. The third-order valence-corrected chi connectivity index (χ3v) is 3.64. The van der Waals surface area contributed by atoms with Gasteiger partial charge in [0.25, 0.3) is 0 Å². The molecule has 8 N–H and O–H groups in total. The molecule has 0 saturated heterocycles. The van der Waals surface area contributed by atoms with E-state index in [-0.39, 0.29) is 5.92 Å². The van der Waals surface area contributed by atoms with Crippen molar-refractivity contribution >= 4 is 23.7 Å². The molecule has 0 bridgehead atoms. The lowest BCUT2D eigenvalue weighted by atomic mass is 9.99. The van der Waals surface area contributed by atoms with Gasteiger partial charge in [-0.1, -0.05) is 20.3 Å². The predicted molar refractivity (Wildman–Crippen MR) is 84.4 cm³/mol. The molecule has 0 saturated carbocycles. The number of carbonyl (C=O) groups is 4. The van der Waals surface area contributed by atoms with Gasteiger partial charge in [0, 0.05) is 0 Å². The summed E-state index contributed by atoms with van der Waals surface area (Å²) in [6.07, 6.45) is -1.28. The van der Waals surface area contributed by atoms with Gasteiger partial charge in [-0.15, -0.1) is 0 Å². The molecule has 10 heteroatoms. The number of carboxylic acid groups (broad SMARTS) is 1. The van der Waals surface area contributed by atoms with Gasteiger partial charge in [-0.05, 0) is 12.8 Å². The summed E-state index contributed by atoms with van der Waals surface area (Å²) >= 11 is 0. The highest BCUT2D eigenvalue weighted by molar-refractivity contribution is 5.94. The van der Waals surface area contributed by atoms with Gasteiger partial charge in [0.1, 0.15) is 6.04 Å². The molecule has 0 radical (unpaired) electrons. The first-order chi connectivity index (χ1) is 11.0. The van der Waals surface area contributed by atoms with Crippen molar-refractivity contribution in [2.45, 2.75) is 57.8 Å². The molecule has 138 valence electrons. The molecule has 0 fully saturated rings. The molecule has 5 atom stereocenters. The van der Waals surface area contributed by atoms with Crippen molar-refractivity contribution in [1.82, 2.24) is 10.6 Å². The average Bonchev–Trinajstić information content (AvgIpc) is 2.48. The highest BCUT2D eigenvalue weighted by Crippen LogP contribution is 2.06. The minimum absolute atomic E-state index is 0.161. The van der Waals surface area contributed by atoms with Crippen molar-refractivity contribution in [3.05, 3.63) is 0 Å². The minimum Gasteiger partial charge on any atom is -0.480 e. The van der Waals surface area contributed by atoms with Gasteiger partial charge >= 0.3 is 5.97 Å². The van der Waals surface area contributed by atoms with Gasteiger partial charge < -0.3 is 32.3 Å². The Balaban J connectivity index is 5.12. The number of hydrogen-bond acceptors (Lipinski definition) is 6. The molecule has 0 aliphatic heterocycles. The van der Waals surface area contributed by atoms with Crippen LogP contribution in [0.4, 0.5) is 0 Å². The van der Waals surface area contributed by atoms with Gasteiger partial charge in [-0.25, -0.2) is 4.79 Å². The van der Waals surface area contributed by atoms with Crippen LogP contribution in [-0.2, 0) is 19.2 Å². The van der Waals surface area contributed by atoms with E-state index < -0.39 is 54.3 Å². The largest absolute Gasteiger partial charge is 0.480 e. The summed E-state index contributed by atoms with van der Waals surface area (Å²) in [4.78, 5) is 46.3. The van der Waals surface area contributed by atoms with Gasteiger partial charge in [0.05, 0.1) is 18.6 Å². The van der Waals surface area contributed by atoms with E-state index in [1.165, 1.54) is 6.92 Å². The van der Waals surface area contributed by atoms with Gasteiger partial charge in [0.2, 0.25) is 17.7 Å². The topological polar surface area (TPSA) is 185 Å². The summed E-state index contributed by atoms with van der Waals surface area (Å²) in [6.45, 7) is 4.77. The van der Waals surface area contributed by atoms with E-state index in [9.17, 15) is 24.3 Å². The number of carbonyl (C=O) groups excluding carboxylic acids is 3. The minimum atomic E-state index is -1.59. The Morgan fingerprint density at radius 3 is 2.00 bits per heavy atom. The third kappa shape index (κ3) is 6.92. The Morgan fingerprint density at radius 1 is 1.08 bits per heavy atom. The number of nitrogens with one attached hydrogen (secondary N) is 2. The first-order valence-corrected chi connectivity index (χ1v) is 7.56. The lowest BCUT2D eigenvalue weighted by molar-refractivity contribution is -0.145. The van der Waals surface area contributed by atoms with Crippen molar-refractivity contribution in [2.24, 2.45) is 17.4 Å². The molecule has 0 spiro atoms. The maximum absolute atomic E-state index is 12.1. The van der Waals surface area contributed by atoms with Crippen molar-refractivity contribution in [3.63, 3.8) is 0 Å². The van der Waals surface area contributed by atoms with E-state index in [0.29, 0.717) is 6.42 Å². The van der Waals surface area contributed by atoms with Crippen LogP contribution in [0.5, 0.6) is 0 Å². The normalized spacial score (nSPS) is 17.0. The van der Waals surface area contributed by atoms with Crippen LogP contribution in [-0.4, -0.2) is 58.1 Å². The SMILES string of the molecule is CC[C@H](C)[C@H](N)C(=O)N[C@@H](CC(N)=O)C(=O)N[C@H](C(=O)O)[C@@H](C)O. The highest BCUT2D eigenvalue weighted by Gasteiger charge is 2.31. The summed E-state index contributed by atoms with van der Waals surface area (Å²) < 4.78 is 0. The van der Waals surface area contributed by atoms with Crippen molar-refractivity contribution in [1.29, 1.82) is 0 Å². The molecule has 10 nitrogen and oxygen atoms in total. The molecule has 0 unspecified atom stereocenters. The number of aliphatic hydroxyl groups excluding tert-OH is 1. The van der Waals surface area contributed by atoms with Crippen LogP contribution in [0.3, 0.4) is 0 Å². The first-order valence-electron chi connectivity index (χ1n) is 7.56. The van der Waals surface area contributed by atoms with Crippen molar-refractivity contribution in [2.75, 3.05) is 0 Å². The van der Waals surface area contributed by atoms with Crippen LogP contribution in [0.25, 0.3) is 0 Å². The number of nitrogens with two attached hydrogens (primary N) is 2. The number of primary amides is 1. The molecule has 3 amide bonds. The Hall–Kier alpha value is -2.20. The fourth-order valence-electron chi connectivity index (χ4n) is 1.83. The van der Waals surface area contributed by atoms with Gasteiger partial charge in [-0.2, -0.15) is 0 Å². The van der Waals surface area contributed by atoms with E-state index in [0.717, 1.165) is 0 Å². The molecule has 0 heterocycles. The van der Waals surface area contributed by atoms with Crippen LogP contribution >= 0.6 is 0 Å². The molecule has 0 aromatic carbocycles. The molecule has 0 aromatic rings. The molecule has 0 aliphatic carbocycles. The van der Waals surface area contributed by atoms with E-state index >= 15 is 0 Å². The van der Waals surface area contributed by atoms with Gasteiger partial charge in [-0.3, -0.25) is 14.4 Å². The summed E-state index contributed by atoms with van der Waals surface area (Å²) in [5.74, 6) is -4.09. The number of carboxylic acids is 1. The third-order valence-electron chi connectivity index (χ3n) is 3.64. The van der Waals surface area contributed by atoms with E-state index in [1.54, 1.807) is 6.92 Å². The van der Waals surface area contributed by atoms with Crippen LogP contribution in [0.15, 0.2) is 0 Å². The zero-order valence-electron chi connectivity index (χ0n) is 14.0. The Kier molecular flexibility index (Phi) is 8.93. The van der Waals surface area contributed by atoms with Crippen molar-refractivity contribution < 1.29 is 29.4 Å². The van der Waals surface area contributed by atoms with Crippen LogP contribution < -0.4 is 22.1 Å². The fourth-order valence-corrected chi connectivity index (χ4v) is 1.83. The Bertz CT molecular complexity index is 482. The van der Waals surface area contributed by atoms with Crippen molar-refractivity contribution in [3.8, 4) is 0 Å². The smallest absolute Gasteiger partial charge is 0.328 e. The molecule has 24 heavy (non-hydrogen) atoms. The zero-order chi connectivity index (χ0) is 19.0.